The molecule has 7 heteroatoms. The van der Waals surface area contributed by atoms with Gasteiger partial charge in [-0.25, -0.2) is 9.00 Å². The first-order valence-electron chi connectivity index (χ1n) is 7.87. The highest BCUT2D eigenvalue weighted by molar-refractivity contribution is 7.80. The quantitative estimate of drug-likeness (QED) is 0.657. The summed E-state index contributed by atoms with van der Waals surface area (Å²) in [6.45, 7) is 3.88. The van der Waals surface area contributed by atoms with Gasteiger partial charge in [-0.15, -0.1) is 0 Å². The number of benzene rings is 2. The van der Waals surface area contributed by atoms with E-state index in [2.05, 4.69) is 0 Å². The van der Waals surface area contributed by atoms with E-state index in [4.69, 9.17) is 5.73 Å². The van der Waals surface area contributed by atoms with Crippen LogP contribution in [0.4, 0.5) is 5.69 Å². The highest BCUT2D eigenvalue weighted by Crippen LogP contribution is 2.27. The highest BCUT2D eigenvalue weighted by Gasteiger charge is 2.32. The second-order valence-corrected chi connectivity index (χ2v) is 6.89. The smallest absolute Gasteiger partial charge is 0.327 e. The largest absolute Gasteiger partial charge is 0.480 e. The average molecular weight is 362 g/mol. The molecule has 0 aliphatic carbocycles. The van der Waals surface area contributed by atoms with Gasteiger partial charge in [-0.05, 0) is 34.7 Å². The SMILES string of the molecule is CC(C)C(C(=O)O)N(c1ccc(-c2ccc(CN)cc2)cc1)S(=O)O. The first-order valence-corrected chi connectivity index (χ1v) is 8.94. The Hall–Kier alpha value is -2.22. The van der Waals surface area contributed by atoms with Crippen molar-refractivity contribution in [3.05, 3.63) is 54.1 Å². The van der Waals surface area contributed by atoms with Gasteiger partial charge in [-0.1, -0.05) is 50.2 Å². The minimum Gasteiger partial charge on any atom is -0.480 e. The molecule has 0 fully saturated rings. The van der Waals surface area contributed by atoms with Crippen LogP contribution in [0.25, 0.3) is 11.1 Å². The van der Waals surface area contributed by atoms with Crippen LogP contribution >= 0.6 is 0 Å². The van der Waals surface area contributed by atoms with Crippen molar-refractivity contribution in [2.24, 2.45) is 11.7 Å². The number of carboxylic acids is 1. The van der Waals surface area contributed by atoms with E-state index in [9.17, 15) is 18.7 Å². The lowest BCUT2D eigenvalue weighted by atomic mass is 10.0. The Balaban J connectivity index is 2.34. The van der Waals surface area contributed by atoms with E-state index in [1.807, 2.05) is 24.3 Å². The van der Waals surface area contributed by atoms with Crippen molar-refractivity contribution in [2.75, 3.05) is 4.31 Å². The highest BCUT2D eigenvalue weighted by atomic mass is 32.2. The summed E-state index contributed by atoms with van der Waals surface area (Å²) in [5.74, 6) is -1.48. The van der Waals surface area contributed by atoms with Crippen molar-refractivity contribution < 1.29 is 18.7 Å². The van der Waals surface area contributed by atoms with Gasteiger partial charge in [0.2, 0.25) is 0 Å². The maximum absolute atomic E-state index is 11.7. The molecule has 2 unspecified atom stereocenters. The second kappa shape index (κ2) is 8.24. The molecule has 25 heavy (non-hydrogen) atoms. The molecule has 0 aliphatic rings. The Labute approximate surface area is 149 Å². The first-order chi connectivity index (χ1) is 11.8. The van der Waals surface area contributed by atoms with Gasteiger partial charge in [0.05, 0.1) is 5.69 Å². The predicted molar refractivity (Wildman–Crippen MR) is 99.3 cm³/mol. The Morgan fingerprint density at radius 3 is 1.92 bits per heavy atom. The maximum atomic E-state index is 11.7. The van der Waals surface area contributed by atoms with E-state index in [0.717, 1.165) is 21.0 Å². The molecule has 0 radical (unpaired) electrons. The van der Waals surface area contributed by atoms with Gasteiger partial charge < -0.3 is 10.8 Å². The minimum atomic E-state index is -2.44. The molecule has 4 N–H and O–H groups in total. The summed E-state index contributed by atoms with van der Waals surface area (Å²) < 4.78 is 22.3. The van der Waals surface area contributed by atoms with Crippen molar-refractivity contribution >= 4 is 22.9 Å². The van der Waals surface area contributed by atoms with Crippen LogP contribution in [0.15, 0.2) is 48.5 Å². The van der Waals surface area contributed by atoms with Crippen LogP contribution in [0.2, 0.25) is 0 Å². The standard InChI is InChI=1S/C18H22N2O4S/c1-12(2)17(18(21)22)20(25(23)24)16-9-7-15(8-10-16)14-5-3-13(11-19)4-6-14/h3-10,12,17H,11,19H2,1-2H3,(H,21,22)(H,23,24). The van der Waals surface area contributed by atoms with Crippen LogP contribution in [0.5, 0.6) is 0 Å². The van der Waals surface area contributed by atoms with Crippen molar-refractivity contribution in [1.29, 1.82) is 0 Å². The predicted octanol–water partition coefficient (Wildman–Crippen LogP) is 2.86. The molecule has 0 aliphatic heterocycles. The number of carboxylic acid groups (broad SMARTS) is 1. The van der Waals surface area contributed by atoms with Gasteiger partial charge in [0.15, 0.2) is 0 Å². The van der Waals surface area contributed by atoms with Gasteiger partial charge in [-0.2, -0.15) is 0 Å². The van der Waals surface area contributed by atoms with Gasteiger partial charge in [0.25, 0.3) is 11.3 Å². The Morgan fingerprint density at radius 2 is 1.56 bits per heavy atom. The van der Waals surface area contributed by atoms with Gasteiger partial charge >= 0.3 is 5.97 Å². The molecule has 0 saturated heterocycles. The topological polar surface area (TPSA) is 104 Å². The summed E-state index contributed by atoms with van der Waals surface area (Å²) in [5, 5.41) is 9.41. The molecular weight excluding hydrogens is 340 g/mol. The van der Waals surface area contributed by atoms with Gasteiger partial charge in [0.1, 0.15) is 6.04 Å². The fourth-order valence-electron chi connectivity index (χ4n) is 2.64. The number of nitrogens with two attached hydrogens (primary N) is 1. The van der Waals surface area contributed by atoms with Crippen LogP contribution in [-0.2, 0) is 22.6 Å². The molecule has 6 nitrogen and oxygen atoms in total. The molecule has 0 saturated carbocycles. The van der Waals surface area contributed by atoms with Crippen LogP contribution in [-0.4, -0.2) is 25.9 Å². The number of anilines is 1. The molecule has 0 heterocycles. The number of carbonyl (C=O) groups is 1. The number of nitrogens with zero attached hydrogens (tertiary/aromatic N) is 1. The number of hydrogen-bond acceptors (Lipinski definition) is 3. The minimum absolute atomic E-state index is 0.336. The molecule has 2 rings (SSSR count). The number of hydrogen-bond donors (Lipinski definition) is 3. The molecule has 2 atom stereocenters. The average Bonchev–Trinajstić information content (AvgIpc) is 2.59. The van der Waals surface area contributed by atoms with E-state index in [0.29, 0.717) is 12.2 Å². The first kappa shape index (κ1) is 19.1. The number of aliphatic carboxylic acids is 1. The number of rotatable bonds is 7. The molecule has 0 aromatic heterocycles. The van der Waals surface area contributed by atoms with Crippen LogP contribution in [0.3, 0.4) is 0 Å². The second-order valence-electron chi connectivity index (χ2n) is 6.03. The Kier molecular flexibility index (Phi) is 6.30. The third-order valence-corrected chi connectivity index (χ3v) is 4.72. The zero-order valence-corrected chi connectivity index (χ0v) is 14.9. The lowest BCUT2D eigenvalue weighted by Crippen LogP contribution is -2.45. The van der Waals surface area contributed by atoms with Crippen molar-refractivity contribution in [3.63, 3.8) is 0 Å². The van der Waals surface area contributed by atoms with E-state index < -0.39 is 23.3 Å². The zero-order valence-electron chi connectivity index (χ0n) is 14.1. The van der Waals surface area contributed by atoms with Gasteiger partial charge in [0, 0.05) is 6.54 Å². The van der Waals surface area contributed by atoms with Crippen molar-refractivity contribution in [2.45, 2.75) is 26.4 Å². The lowest BCUT2D eigenvalue weighted by Gasteiger charge is -2.29. The Morgan fingerprint density at radius 1 is 1.08 bits per heavy atom. The molecule has 134 valence electrons. The summed E-state index contributed by atoms with van der Waals surface area (Å²) in [6.07, 6.45) is 0. The van der Waals surface area contributed by atoms with E-state index in [1.165, 1.54) is 0 Å². The normalized spacial score (nSPS) is 13.5. The van der Waals surface area contributed by atoms with Crippen LogP contribution in [0.1, 0.15) is 19.4 Å². The fraction of sp³-hybridized carbons (Fsp3) is 0.278. The lowest BCUT2D eigenvalue weighted by molar-refractivity contribution is -0.139. The molecule has 2 aromatic rings. The molecule has 0 amide bonds. The maximum Gasteiger partial charge on any atom is 0.327 e. The fourth-order valence-corrected chi connectivity index (χ4v) is 3.47. The molecule has 0 spiro atoms. The monoisotopic (exact) mass is 362 g/mol. The third kappa shape index (κ3) is 4.45. The molecule has 0 bridgehead atoms. The summed E-state index contributed by atoms with van der Waals surface area (Å²) in [6, 6.07) is 13.6. The van der Waals surface area contributed by atoms with E-state index in [1.54, 1.807) is 38.1 Å². The zero-order chi connectivity index (χ0) is 18.6. The van der Waals surface area contributed by atoms with Gasteiger partial charge in [-0.3, -0.25) is 8.86 Å². The Bertz CT molecular complexity index is 745. The summed E-state index contributed by atoms with van der Waals surface area (Å²) >= 11 is -2.44. The summed E-state index contributed by atoms with van der Waals surface area (Å²) in [7, 11) is 0. The van der Waals surface area contributed by atoms with Crippen LogP contribution in [0, 0.1) is 5.92 Å². The molecule has 2 aromatic carbocycles. The van der Waals surface area contributed by atoms with E-state index >= 15 is 0 Å². The van der Waals surface area contributed by atoms with Crippen molar-refractivity contribution in [1.82, 2.24) is 0 Å². The third-order valence-electron chi connectivity index (χ3n) is 3.95. The van der Waals surface area contributed by atoms with Crippen LogP contribution < -0.4 is 10.0 Å². The summed E-state index contributed by atoms with van der Waals surface area (Å²) in [5.41, 5.74) is 8.91. The van der Waals surface area contributed by atoms with Crippen molar-refractivity contribution in [3.8, 4) is 11.1 Å². The molecular formula is C18H22N2O4S. The van der Waals surface area contributed by atoms with E-state index in [-0.39, 0.29) is 5.92 Å². The summed E-state index contributed by atoms with van der Waals surface area (Å²) in [4.78, 5) is 11.5.